The molecule has 3 aromatic rings. The molecule has 2 aliphatic carbocycles. The summed E-state index contributed by atoms with van der Waals surface area (Å²) in [6.07, 6.45) is 1.11. The highest BCUT2D eigenvalue weighted by atomic mass is 32.2. The lowest BCUT2D eigenvalue weighted by Gasteiger charge is -2.06. The van der Waals surface area contributed by atoms with Gasteiger partial charge in [0.25, 0.3) is 0 Å². The molecule has 0 spiro atoms. The van der Waals surface area contributed by atoms with Gasteiger partial charge in [0.2, 0.25) is 15.9 Å². The van der Waals surface area contributed by atoms with Gasteiger partial charge in [0, 0.05) is 22.3 Å². The van der Waals surface area contributed by atoms with Crippen LogP contribution in [0.2, 0.25) is 0 Å². The summed E-state index contributed by atoms with van der Waals surface area (Å²) in [6, 6.07) is 25.7. The molecule has 31 heavy (non-hydrogen) atoms. The molecule has 0 fully saturated rings. The van der Waals surface area contributed by atoms with Crippen molar-refractivity contribution in [3.05, 3.63) is 89.2 Å². The minimum atomic E-state index is -2.10. The van der Waals surface area contributed by atoms with E-state index in [2.05, 4.69) is 53.5 Å². The van der Waals surface area contributed by atoms with E-state index in [1.807, 2.05) is 6.07 Å². The summed E-state index contributed by atoms with van der Waals surface area (Å²) >= 11 is 0. The SMILES string of the molecule is O=c1ccc2cc(OCCCC=S(=O)=O)ccc2[nH]1.c1ccc(-c2ccc3cc2-3)cc1. The Balaban J connectivity index is 0.000000163. The Morgan fingerprint density at radius 1 is 0.839 bits per heavy atom. The molecule has 0 radical (unpaired) electrons. The Morgan fingerprint density at radius 3 is 2.39 bits per heavy atom. The molecule has 1 N–H and O–H groups in total. The third kappa shape index (κ3) is 5.49. The third-order valence-corrected chi connectivity index (χ3v) is 5.41. The van der Waals surface area contributed by atoms with E-state index in [0.29, 0.717) is 25.2 Å². The van der Waals surface area contributed by atoms with Gasteiger partial charge in [-0.2, -0.15) is 8.42 Å². The van der Waals surface area contributed by atoms with Gasteiger partial charge in [0.15, 0.2) is 0 Å². The summed E-state index contributed by atoms with van der Waals surface area (Å²) in [6.45, 7) is 0.447. The number of fused-ring (bicyclic) bond motifs is 2. The van der Waals surface area contributed by atoms with Crippen LogP contribution in [0.4, 0.5) is 0 Å². The van der Waals surface area contributed by atoms with Crippen LogP contribution >= 0.6 is 0 Å². The van der Waals surface area contributed by atoms with E-state index in [-0.39, 0.29) is 5.56 Å². The monoisotopic (exact) mass is 431 g/mol. The Bertz CT molecular complexity index is 1400. The van der Waals surface area contributed by atoms with Gasteiger partial charge in [-0.3, -0.25) is 4.79 Å². The van der Waals surface area contributed by atoms with E-state index < -0.39 is 10.3 Å². The van der Waals surface area contributed by atoms with Crippen LogP contribution < -0.4 is 10.3 Å². The van der Waals surface area contributed by atoms with Crippen LogP contribution in [0, 0.1) is 0 Å². The number of aromatic amines is 1. The molecule has 0 atom stereocenters. The molecule has 1 heterocycles. The molecule has 0 amide bonds. The number of H-pyrrole nitrogens is 1. The molecular weight excluding hydrogens is 410 g/mol. The summed E-state index contributed by atoms with van der Waals surface area (Å²) in [5.74, 6) is 0.697. The Labute approximate surface area is 181 Å². The van der Waals surface area contributed by atoms with Crippen molar-refractivity contribution in [2.45, 2.75) is 12.8 Å². The summed E-state index contributed by atoms with van der Waals surface area (Å²) in [5.41, 5.74) is 6.17. The van der Waals surface area contributed by atoms with E-state index in [1.165, 1.54) is 33.7 Å². The average molecular weight is 432 g/mol. The van der Waals surface area contributed by atoms with E-state index >= 15 is 0 Å². The van der Waals surface area contributed by atoms with E-state index in [1.54, 1.807) is 18.2 Å². The van der Waals surface area contributed by atoms with Crippen LogP contribution in [0.15, 0.2) is 83.7 Å². The fourth-order valence-corrected chi connectivity index (χ4v) is 3.66. The number of rotatable bonds is 6. The maximum Gasteiger partial charge on any atom is 0.248 e. The molecular formula is C25H21NO4S. The van der Waals surface area contributed by atoms with Crippen molar-refractivity contribution in [2.24, 2.45) is 0 Å². The first-order valence-electron chi connectivity index (χ1n) is 9.97. The number of benzene rings is 3. The molecule has 0 aliphatic heterocycles. The minimum Gasteiger partial charge on any atom is -0.494 e. The molecule has 2 aliphatic rings. The molecule has 0 saturated heterocycles. The Hall–Kier alpha value is -3.64. The van der Waals surface area contributed by atoms with Crippen LogP contribution in [0.3, 0.4) is 0 Å². The average Bonchev–Trinajstić information content (AvgIpc) is 3.43. The third-order valence-electron chi connectivity index (χ3n) is 4.90. The number of pyridine rings is 1. The minimum absolute atomic E-state index is 0.137. The van der Waals surface area contributed by atoms with Gasteiger partial charge in [-0.1, -0.05) is 42.5 Å². The lowest BCUT2D eigenvalue weighted by molar-refractivity contribution is 0.314. The van der Waals surface area contributed by atoms with Crippen molar-refractivity contribution in [3.8, 4) is 28.0 Å². The molecule has 0 bridgehead atoms. The topological polar surface area (TPSA) is 76.2 Å². The number of hydrogen-bond donors (Lipinski definition) is 1. The second-order valence-corrected chi connectivity index (χ2v) is 7.97. The van der Waals surface area contributed by atoms with E-state index in [9.17, 15) is 13.2 Å². The number of ether oxygens (including phenoxy) is 1. The van der Waals surface area contributed by atoms with Crippen molar-refractivity contribution in [3.63, 3.8) is 0 Å². The molecule has 0 unspecified atom stereocenters. The quantitative estimate of drug-likeness (QED) is 0.312. The number of aromatic nitrogens is 1. The molecule has 2 aromatic carbocycles. The number of unbranched alkanes of at least 4 members (excludes halogenated alkanes) is 1. The van der Waals surface area contributed by atoms with Crippen LogP contribution in [0.25, 0.3) is 33.2 Å². The first-order chi connectivity index (χ1) is 15.1. The first kappa shape index (κ1) is 20.6. The highest BCUT2D eigenvalue weighted by Crippen LogP contribution is 2.43. The maximum absolute atomic E-state index is 11.1. The maximum atomic E-state index is 11.1. The zero-order chi connectivity index (χ0) is 21.6. The van der Waals surface area contributed by atoms with Crippen molar-refractivity contribution < 1.29 is 13.2 Å². The molecule has 156 valence electrons. The van der Waals surface area contributed by atoms with Crippen molar-refractivity contribution >= 4 is 26.6 Å². The normalized spacial score (nSPS) is 10.7. The van der Waals surface area contributed by atoms with Crippen LogP contribution in [-0.2, 0) is 10.3 Å². The van der Waals surface area contributed by atoms with Gasteiger partial charge in [-0.25, -0.2) is 0 Å². The molecule has 1 aromatic heterocycles. The van der Waals surface area contributed by atoms with Crippen LogP contribution in [-0.4, -0.2) is 25.4 Å². The molecule has 6 heteroatoms. The number of nitrogens with one attached hydrogen (secondary N) is 1. The Morgan fingerprint density at radius 2 is 1.68 bits per heavy atom. The van der Waals surface area contributed by atoms with Crippen molar-refractivity contribution in [1.29, 1.82) is 0 Å². The van der Waals surface area contributed by atoms with Gasteiger partial charge in [-0.15, -0.1) is 0 Å². The van der Waals surface area contributed by atoms with Crippen LogP contribution in [0.5, 0.6) is 5.75 Å². The van der Waals surface area contributed by atoms with Gasteiger partial charge in [-0.05, 0) is 65.4 Å². The molecule has 0 saturated carbocycles. The fraction of sp³-hybridized carbons (Fsp3) is 0.120. The summed E-state index contributed by atoms with van der Waals surface area (Å²) in [4.78, 5) is 13.8. The largest absolute Gasteiger partial charge is 0.494 e. The second-order valence-electron chi connectivity index (χ2n) is 7.12. The smallest absolute Gasteiger partial charge is 0.248 e. The lowest BCUT2D eigenvalue weighted by Crippen LogP contribution is -2.02. The Kier molecular flexibility index (Phi) is 6.29. The van der Waals surface area contributed by atoms with Gasteiger partial charge >= 0.3 is 0 Å². The predicted octanol–water partition coefficient (Wildman–Crippen LogP) is 4.70. The summed E-state index contributed by atoms with van der Waals surface area (Å²) in [7, 11) is -2.10. The highest BCUT2D eigenvalue weighted by Gasteiger charge is 2.17. The summed E-state index contributed by atoms with van der Waals surface area (Å²) < 4.78 is 26.1. The standard InChI is InChI=1S/C13H13NO4S.C12H8/c15-13-6-3-10-9-11(4-5-12(10)14-13)18-7-1-2-8-19(16)17;1-2-4-9(5-3-1)11-7-6-10-8-12(10)11/h3-6,8-9H,1-2,7H2,(H,14,15);1-8H. The van der Waals surface area contributed by atoms with Crippen LogP contribution in [0.1, 0.15) is 12.8 Å². The van der Waals surface area contributed by atoms with Gasteiger partial charge < -0.3 is 9.72 Å². The summed E-state index contributed by atoms with van der Waals surface area (Å²) in [5, 5.41) is 2.11. The zero-order valence-electron chi connectivity index (χ0n) is 16.7. The lowest BCUT2D eigenvalue weighted by atomic mass is 10.1. The van der Waals surface area contributed by atoms with Crippen molar-refractivity contribution in [1.82, 2.24) is 4.98 Å². The fourth-order valence-electron chi connectivity index (χ4n) is 3.30. The first-order valence-corrected chi connectivity index (χ1v) is 11.1. The van der Waals surface area contributed by atoms with E-state index in [4.69, 9.17) is 4.74 Å². The van der Waals surface area contributed by atoms with E-state index in [0.717, 1.165) is 10.9 Å². The second kappa shape index (κ2) is 9.45. The highest BCUT2D eigenvalue weighted by molar-refractivity contribution is 7.71. The van der Waals surface area contributed by atoms with Crippen molar-refractivity contribution in [2.75, 3.05) is 6.61 Å². The van der Waals surface area contributed by atoms with Gasteiger partial charge in [0.1, 0.15) is 5.75 Å². The zero-order valence-corrected chi connectivity index (χ0v) is 17.6. The number of hydrogen-bond acceptors (Lipinski definition) is 4. The molecule has 5 nitrogen and oxygen atoms in total. The molecule has 5 rings (SSSR count). The van der Waals surface area contributed by atoms with Gasteiger partial charge in [0.05, 0.1) is 6.61 Å². The predicted molar refractivity (Wildman–Crippen MR) is 125 cm³/mol.